The van der Waals surface area contributed by atoms with Crippen LogP contribution in [0.4, 0.5) is 5.95 Å². The quantitative estimate of drug-likeness (QED) is 0.921. The molecular formula is C17H17N5O2. The van der Waals surface area contributed by atoms with Gasteiger partial charge in [-0.2, -0.15) is 5.26 Å². The third-order valence-electron chi connectivity index (χ3n) is 3.85. The van der Waals surface area contributed by atoms with Gasteiger partial charge in [-0.1, -0.05) is 12.1 Å². The Morgan fingerprint density at radius 3 is 2.96 bits per heavy atom. The summed E-state index contributed by atoms with van der Waals surface area (Å²) in [7, 11) is 0. The molecule has 0 saturated heterocycles. The number of fused-ring (bicyclic) bond motifs is 1. The van der Waals surface area contributed by atoms with E-state index in [0.29, 0.717) is 18.1 Å². The minimum Gasteiger partial charge on any atom is -0.347 e. The van der Waals surface area contributed by atoms with Gasteiger partial charge in [0.2, 0.25) is 17.8 Å². The first-order chi connectivity index (χ1) is 11.6. The van der Waals surface area contributed by atoms with Gasteiger partial charge in [0.05, 0.1) is 23.9 Å². The van der Waals surface area contributed by atoms with E-state index in [9.17, 15) is 9.59 Å². The summed E-state index contributed by atoms with van der Waals surface area (Å²) in [5.41, 5.74) is 2.13. The summed E-state index contributed by atoms with van der Waals surface area (Å²) in [5.74, 6) is 0.153. The summed E-state index contributed by atoms with van der Waals surface area (Å²) in [4.78, 5) is 29.5. The smallest absolute Gasteiger partial charge is 0.248 e. The SMILES string of the molecule is CC(=O)NCC(=O)N1CCCn2cc(-c3cccc(C#N)c3)nc21. The molecule has 122 valence electrons. The van der Waals surface area contributed by atoms with Crippen molar-refractivity contribution in [2.24, 2.45) is 0 Å². The first-order valence-electron chi connectivity index (χ1n) is 7.71. The number of benzene rings is 1. The molecule has 2 heterocycles. The molecule has 7 nitrogen and oxygen atoms in total. The number of rotatable bonds is 3. The van der Waals surface area contributed by atoms with Crippen molar-refractivity contribution in [3.05, 3.63) is 36.0 Å². The molecule has 1 aliphatic rings. The highest BCUT2D eigenvalue weighted by atomic mass is 16.2. The van der Waals surface area contributed by atoms with Crippen LogP contribution in [-0.2, 0) is 16.1 Å². The largest absolute Gasteiger partial charge is 0.347 e. The normalized spacial score (nSPS) is 13.1. The fourth-order valence-corrected chi connectivity index (χ4v) is 2.70. The first-order valence-corrected chi connectivity index (χ1v) is 7.71. The number of imidazole rings is 1. The number of aryl methyl sites for hydroxylation is 1. The first kappa shape index (κ1) is 15.7. The van der Waals surface area contributed by atoms with E-state index in [-0.39, 0.29) is 18.4 Å². The van der Waals surface area contributed by atoms with E-state index in [1.807, 2.05) is 22.9 Å². The van der Waals surface area contributed by atoms with Gasteiger partial charge in [0.1, 0.15) is 0 Å². The number of carbonyl (C=O) groups excluding carboxylic acids is 2. The summed E-state index contributed by atoms with van der Waals surface area (Å²) < 4.78 is 1.93. The highest BCUT2D eigenvalue weighted by molar-refractivity contribution is 5.95. The summed E-state index contributed by atoms with van der Waals surface area (Å²) in [6.07, 6.45) is 2.72. The fraction of sp³-hybridized carbons (Fsp3) is 0.294. The van der Waals surface area contributed by atoms with Crippen molar-refractivity contribution in [3.63, 3.8) is 0 Å². The molecule has 24 heavy (non-hydrogen) atoms. The van der Waals surface area contributed by atoms with E-state index in [1.54, 1.807) is 17.0 Å². The van der Waals surface area contributed by atoms with E-state index in [2.05, 4.69) is 16.4 Å². The van der Waals surface area contributed by atoms with Gasteiger partial charge >= 0.3 is 0 Å². The van der Waals surface area contributed by atoms with Gasteiger partial charge in [0.15, 0.2) is 0 Å². The minimum atomic E-state index is -0.238. The Balaban J connectivity index is 1.89. The molecule has 3 rings (SSSR count). The fourth-order valence-electron chi connectivity index (χ4n) is 2.70. The third kappa shape index (κ3) is 3.13. The molecule has 2 amide bonds. The third-order valence-corrected chi connectivity index (χ3v) is 3.85. The Morgan fingerprint density at radius 2 is 2.21 bits per heavy atom. The zero-order valence-corrected chi connectivity index (χ0v) is 13.3. The Kier molecular flexibility index (Phi) is 4.29. The van der Waals surface area contributed by atoms with Crippen LogP contribution < -0.4 is 10.2 Å². The molecule has 1 aliphatic heterocycles. The monoisotopic (exact) mass is 323 g/mol. The van der Waals surface area contributed by atoms with Crippen molar-refractivity contribution >= 4 is 17.8 Å². The van der Waals surface area contributed by atoms with E-state index >= 15 is 0 Å². The highest BCUT2D eigenvalue weighted by Gasteiger charge is 2.25. The number of aromatic nitrogens is 2. The topological polar surface area (TPSA) is 91.0 Å². The Morgan fingerprint density at radius 1 is 1.38 bits per heavy atom. The molecule has 1 aromatic heterocycles. The van der Waals surface area contributed by atoms with Crippen LogP contribution in [0.1, 0.15) is 18.9 Å². The lowest BCUT2D eigenvalue weighted by Crippen LogP contribution is -2.43. The molecule has 0 atom stereocenters. The van der Waals surface area contributed by atoms with Crippen LogP contribution in [-0.4, -0.2) is 34.5 Å². The van der Waals surface area contributed by atoms with Crippen molar-refractivity contribution in [3.8, 4) is 17.3 Å². The predicted molar refractivity (Wildman–Crippen MR) is 88.0 cm³/mol. The molecule has 0 aliphatic carbocycles. The van der Waals surface area contributed by atoms with Gasteiger partial charge in [-0.05, 0) is 18.6 Å². The zero-order chi connectivity index (χ0) is 17.1. The van der Waals surface area contributed by atoms with E-state index < -0.39 is 0 Å². The molecule has 1 aromatic carbocycles. The van der Waals surface area contributed by atoms with Gasteiger partial charge in [-0.15, -0.1) is 0 Å². The van der Waals surface area contributed by atoms with Crippen LogP contribution in [0.15, 0.2) is 30.5 Å². The van der Waals surface area contributed by atoms with E-state index in [4.69, 9.17) is 5.26 Å². The van der Waals surface area contributed by atoms with Gasteiger partial charge in [-0.25, -0.2) is 4.98 Å². The summed E-state index contributed by atoms with van der Waals surface area (Å²) >= 11 is 0. The molecule has 2 aromatic rings. The molecule has 0 unspecified atom stereocenters. The average Bonchev–Trinajstić information content (AvgIpc) is 3.03. The summed E-state index contributed by atoms with van der Waals surface area (Å²) in [6, 6.07) is 9.33. The van der Waals surface area contributed by atoms with Crippen molar-refractivity contribution in [2.75, 3.05) is 18.0 Å². The number of hydrogen-bond donors (Lipinski definition) is 1. The predicted octanol–water partition coefficient (Wildman–Crippen LogP) is 1.29. The average molecular weight is 323 g/mol. The van der Waals surface area contributed by atoms with Crippen LogP contribution in [0, 0.1) is 11.3 Å². The highest BCUT2D eigenvalue weighted by Crippen LogP contribution is 2.26. The second kappa shape index (κ2) is 6.54. The lowest BCUT2D eigenvalue weighted by atomic mass is 10.1. The lowest BCUT2D eigenvalue weighted by molar-refractivity contribution is -0.123. The van der Waals surface area contributed by atoms with Gasteiger partial charge in [0, 0.05) is 31.8 Å². The number of nitrogens with zero attached hydrogens (tertiary/aromatic N) is 4. The molecule has 0 saturated carbocycles. The second-order valence-electron chi connectivity index (χ2n) is 5.62. The van der Waals surface area contributed by atoms with Crippen LogP contribution >= 0.6 is 0 Å². The minimum absolute atomic E-state index is 0.0402. The maximum absolute atomic E-state index is 12.3. The van der Waals surface area contributed by atoms with Crippen LogP contribution in [0.3, 0.4) is 0 Å². The number of nitriles is 1. The van der Waals surface area contributed by atoms with E-state index in [1.165, 1.54) is 6.92 Å². The van der Waals surface area contributed by atoms with Crippen molar-refractivity contribution in [1.82, 2.24) is 14.9 Å². The number of nitrogens with one attached hydrogen (secondary N) is 1. The summed E-state index contributed by atoms with van der Waals surface area (Å²) in [5, 5.41) is 11.6. The molecule has 0 spiro atoms. The Bertz CT molecular complexity index is 834. The van der Waals surface area contributed by atoms with Crippen LogP contribution in [0.2, 0.25) is 0 Å². The van der Waals surface area contributed by atoms with Gasteiger partial charge < -0.3 is 9.88 Å². The molecule has 0 bridgehead atoms. The van der Waals surface area contributed by atoms with E-state index in [0.717, 1.165) is 24.2 Å². The number of amides is 2. The van der Waals surface area contributed by atoms with Crippen LogP contribution in [0.5, 0.6) is 0 Å². The number of carbonyl (C=O) groups is 2. The second-order valence-corrected chi connectivity index (χ2v) is 5.62. The molecule has 0 fully saturated rings. The molecule has 1 N–H and O–H groups in total. The van der Waals surface area contributed by atoms with Gasteiger partial charge in [0.25, 0.3) is 0 Å². The number of anilines is 1. The van der Waals surface area contributed by atoms with Crippen molar-refractivity contribution in [2.45, 2.75) is 19.9 Å². The lowest BCUT2D eigenvalue weighted by Gasteiger charge is -2.27. The van der Waals surface area contributed by atoms with Crippen LogP contribution in [0.25, 0.3) is 11.3 Å². The van der Waals surface area contributed by atoms with Crippen molar-refractivity contribution < 1.29 is 9.59 Å². The molecule has 7 heteroatoms. The maximum atomic E-state index is 12.3. The summed E-state index contributed by atoms with van der Waals surface area (Å²) in [6.45, 7) is 2.70. The molecular weight excluding hydrogens is 306 g/mol. The maximum Gasteiger partial charge on any atom is 0.248 e. The standard InChI is InChI=1S/C17H17N5O2/c1-12(23)19-10-16(24)22-7-3-6-21-11-15(20-17(21)22)14-5-2-4-13(8-14)9-18/h2,4-5,8,11H,3,6-7,10H2,1H3,(H,19,23). The Labute approximate surface area is 139 Å². The zero-order valence-electron chi connectivity index (χ0n) is 13.3. The Hall–Kier alpha value is -3.14. The molecule has 0 radical (unpaired) electrons. The van der Waals surface area contributed by atoms with Gasteiger partial charge in [-0.3, -0.25) is 14.5 Å². The number of hydrogen-bond acceptors (Lipinski definition) is 4. The van der Waals surface area contributed by atoms with Crippen molar-refractivity contribution in [1.29, 1.82) is 5.26 Å².